The number of hydrogen-bond donors (Lipinski definition) is 0. The summed E-state index contributed by atoms with van der Waals surface area (Å²) in [6.07, 6.45) is 10.1. The summed E-state index contributed by atoms with van der Waals surface area (Å²) < 4.78 is 0. The molecule has 2 aromatic heterocycles. The van der Waals surface area contributed by atoms with Crippen molar-refractivity contribution in [2.75, 3.05) is 4.90 Å². The number of hydrogen-bond acceptors (Lipinski definition) is 4. The Hall–Kier alpha value is -5.35. The molecule has 6 aromatic rings. The van der Waals surface area contributed by atoms with Gasteiger partial charge in [-0.15, -0.1) is 0 Å². The summed E-state index contributed by atoms with van der Waals surface area (Å²) in [5, 5.41) is 2.46. The molecule has 2 aliphatic rings. The van der Waals surface area contributed by atoms with Crippen molar-refractivity contribution in [2.45, 2.75) is 12.0 Å². The second-order valence-corrected chi connectivity index (χ2v) is 10.5. The highest BCUT2D eigenvalue weighted by Gasteiger charge is 2.37. The van der Waals surface area contributed by atoms with Crippen LogP contribution >= 0.6 is 0 Å². The molecule has 2 atom stereocenters. The number of aromatic nitrogens is 2. The van der Waals surface area contributed by atoms with Crippen molar-refractivity contribution < 1.29 is 0 Å². The largest absolute Gasteiger partial charge is 0.333 e. The molecule has 2 aliphatic heterocycles. The molecular formula is C37H26N4. The Morgan fingerprint density at radius 1 is 0.610 bits per heavy atom. The first-order valence-electron chi connectivity index (χ1n) is 13.9. The van der Waals surface area contributed by atoms with Crippen LogP contribution in [0.15, 0.2) is 145 Å². The second kappa shape index (κ2) is 9.68. The molecule has 0 bridgehead atoms. The molecule has 4 heteroatoms. The third kappa shape index (κ3) is 4.04. The first-order chi connectivity index (χ1) is 20.3. The maximum atomic E-state index is 4.80. The SMILES string of the molecule is C1=CC2C(C=N1)c1ccccc1N2c1cccc(-c2ccc(-c3ccc(-c4cccc5ccccc45)cn3)nc2)c1. The van der Waals surface area contributed by atoms with Gasteiger partial charge in [0.05, 0.1) is 17.4 Å². The van der Waals surface area contributed by atoms with E-state index in [1.807, 2.05) is 18.6 Å². The highest BCUT2D eigenvalue weighted by molar-refractivity contribution is 5.96. The fraction of sp³-hybridized carbons (Fsp3) is 0.0541. The lowest BCUT2D eigenvalue weighted by Crippen LogP contribution is -2.29. The molecule has 0 saturated carbocycles. The number of aliphatic imine (C=N–C) groups is 1. The number of anilines is 2. The van der Waals surface area contributed by atoms with Gasteiger partial charge in [0.2, 0.25) is 0 Å². The van der Waals surface area contributed by atoms with Crippen LogP contribution < -0.4 is 4.90 Å². The minimum Gasteiger partial charge on any atom is -0.333 e. The smallest absolute Gasteiger partial charge is 0.0886 e. The average molecular weight is 527 g/mol. The van der Waals surface area contributed by atoms with Crippen LogP contribution in [-0.2, 0) is 0 Å². The first kappa shape index (κ1) is 23.5. The van der Waals surface area contributed by atoms with Crippen molar-refractivity contribution >= 4 is 28.4 Å². The van der Waals surface area contributed by atoms with E-state index < -0.39 is 0 Å². The van der Waals surface area contributed by atoms with Gasteiger partial charge < -0.3 is 4.90 Å². The fourth-order valence-electron chi connectivity index (χ4n) is 6.19. The topological polar surface area (TPSA) is 41.4 Å². The normalized spacial score (nSPS) is 17.0. The third-order valence-corrected chi connectivity index (χ3v) is 8.19. The van der Waals surface area contributed by atoms with Crippen molar-refractivity contribution in [1.82, 2.24) is 9.97 Å². The van der Waals surface area contributed by atoms with Crippen LogP contribution in [0, 0.1) is 0 Å². The molecule has 2 unspecified atom stereocenters. The van der Waals surface area contributed by atoms with Gasteiger partial charge >= 0.3 is 0 Å². The first-order valence-corrected chi connectivity index (χ1v) is 13.9. The van der Waals surface area contributed by atoms with Crippen molar-refractivity contribution in [3.05, 3.63) is 145 Å². The van der Waals surface area contributed by atoms with E-state index in [1.165, 1.54) is 27.6 Å². The van der Waals surface area contributed by atoms with E-state index in [0.717, 1.165) is 33.8 Å². The monoisotopic (exact) mass is 526 g/mol. The van der Waals surface area contributed by atoms with Crippen LogP contribution in [0.5, 0.6) is 0 Å². The molecule has 4 nitrogen and oxygen atoms in total. The molecule has 8 rings (SSSR count). The molecular weight excluding hydrogens is 500 g/mol. The molecule has 0 radical (unpaired) electrons. The zero-order valence-corrected chi connectivity index (χ0v) is 22.3. The van der Waals surface area contributed by atoms with Crippen LogP contribution in [0.3, 0.4) is 0 Å². The van der Waals surface area contributed by atoms with Gasteiger partial charge in [0.1, 0.15) is 0 Å². The molecule has 0 fully saturated rings. The lowest BCUT2D eigenvalue weighted by atomic mass is 9.95. The van der Waals surface area contributed by atoms with Crippen LogP contribution in [0.1, 0.15) is 11.5 Å². The minimum atomic E-state index is 0.226. The Kier molecular flexibility index (Phi) is 5.56. The number of pyridine rings is 2. The molecule has 0 saturated heterocycles. The van der Waals surface area contributed by atoms with Crippen molar-refractivity contribution in [3.63, 3.8) is 0 Å². The molecule has 4 aromatic carbocycles. The predicted octanol–water partition coefficient (Wildman–Crippen LogP) is 8.83. The quantitative estimate of drug-likeness (QED) is 0.230. The van der Waals surface area contributed by atoms with Crippen LogP contribution in [0.25, 0.3) is 44.4 Å². The van der Waals surface area contributed by atoms with Crippen LogP contribution in [0.2, 0.25) is 0 Å². The van der Waals surface area contributed by atoms with E-state index in [1.54, 1.807) is 0 Å². The van der Waals surface area contributed by atoms with Gasteiger partial charge in [-0.1, -0.05) is 84.9 Å². The molecule has 0 N–H and O–H groups in total. The van der Waals surface area contributed by atoms with Crippen molar-refractivity contribution in [2.24, 2.45) is 4.99 Å². The Labute approximate surface area is 239 Å². The van der Waals surface area contributed by atoms with Gasteiger partial charge in [-0.05, 0) is 63.9 Å². The molecule has 4 heterocycles. The highest BCUT2D eigenvalue weighted by Crippen LogP contribution is 2.46. The maximum Gasteiger partial charge on any atom is 0.0886 e. The predicted molar refractivity (Wildman–Crippen MR) is 169 cm³/mol. The molecule has 0 spiro atoms. The molecule has 0 amide bonds. The average Bonchev–Trinajstić information content (AvgIpc) is 3.39. The van der Waals surface area contributed by atoms with Crippen LogP contribution in [0.4, 0.5) is 11.4 Å². The van der Waals surface area contributed by atoms with E-state index in [9.17, 15) is 0 Å². The Bertz CT molecular complexity index is 1950. The van der Waals surface area contributed by atoms with Gasteiger partial charge in [0, 0.05) is 53.2 Å². The Morgan fingerprint density at radius 2 is 1.37 bits per heavy atom. The van der Waals surface area contributed by atoms with Gasteiger partial charge in [0.15, 0.2) is 0 Å². The Balaban J connectivity index is 1.08. The molecule has 41 heavy (non-hydrogen) atoms. The summed E-state index contributed by atoms with van der Waals surface area (Å²) in [7, 11) is 0. The number of nitrogens with zero attached hydrogens (tertiary/aromatic N) is 4. The number of fused-ring (bicyclic) bond motifs is 4. The lowest BCUT2D eigenvalue weighted by Gasteiger charge is -2.28. The fourth-order valence-corrected chi connectivity index (χ4v) is 6.19. The Morgan fingerprint density at radius 3 is 2.22 bits per heavy atom. The summed E-state index contributed by atoms with van der Waals surface area (Å²) in [5.41, 5.74) is 9.94. The van der Waals surface area contributed by atoms with Gasteiger partial charge in [-0.25, -0.2) is 0 Å². The zero-order chi connectivity index (χ0) is 27.2. The summed E-state index contributed by atoms with van der Waals surface area (Å²) in [4.78, 5) is 16.4. The van der Waals surface area contributed by atoms with Gasteiger partial charge in [-0.2, -0.15) is 0 Å². The van der Waals surface area contributed by atoms with Gasteiger partial charge in [-0.3, -0.25) is 15.0 Å². The standard InChI is InChI=1S/C37H26N4/c1-2-11-30-25(7-1)8-6-13-31(30)28-16-18-35(40-23-28)34-17-15-27(22-39-34)26-9-5-10-29(21-26)41-36-14-4-3-12-32(36)33-24-38-20-19-37(33)41/h1-24,33,37H. The lowest BCUT2D eigenvalue weighted by molar-refractivity contribution is 0.780. The summed E-state index contributed by atoms with van der Waals surface area (Å²) in [5.74, 6) is 0.264. The minimum absolute atomic E-state index is 0.226. The van der Waals surface area contributed by atoms with E-state index in [2.05, 4.69) is 137 Å². The number of benzene rings is 4. The highest BCUT2D eigenvalue weighted by atomic mass is 15.2. The van der Waals surface area contributed by atoms with E-state index >= 15 is 0 Å². The molecule has 194 valence electrons. The van der Waals surface area contributed by atoms with E-state index in [-0.39, 0.29) is 12.0 Å². The van der Waals surface area contributed by atoms with E-state index in [4.69, 9.17) is 9.97 Å². The van der Waals surface area contributed by atoms with Crippen LogP contribution in [-0.4, -0.2) is 22.2 Å². The second-order valence-electron chi connectivity index (χ2n) is 10.5. The van der Waals surface area contributed by atoms with Gasteiger partial charge in [0.25, 0.3) is 0 Å². The zero-order valence-electron chi connectivity index (χ0n) is 22.3. The van der Waals surface area contributed by atoms with Crippen molar-refractivity contribution in [1.29, 1.82) is 0 Å². The summed E-state index contributed by atoms with van der Waals surface area (Å²) in [6, 6.07) is 40.8. The third-order valence-electron chi connectivity index (χ3n) is 8.19. The van der Waals surface area contributed by atoms with E-state index in [0.29, 0.717) is 0 Å². The number of para-hydroxylation sites is 1. The van der Waals surface area contributed by atoms with Crippen molar-refractivity contribution in [3.8, 4) is 33.6 Å². The molecule has 0 aliphatic carbocycles. The summed E-state index contributed by atoms with van der Waals surface area (Å²) in [6.45, 7) is 0. The summed E-state index contributed by atoms with van der Waals surface area (Å²) >= 11 is 0. The number of rotatable bonds is 4. The maximum absolute atomic E-state index is 4.80.